The first-order valence-electron chi connectivity index (χ1n) is 6.38. The number of hydrogen-bond acceptors (Lipinski definition) is 4. The van der Waals surface area contributed by atoms with Crippen molar-refractivity contribution in [3.05, 3.63) is 57.7 Å². The molecule has 0 radical (unpaired) electrons. The second-order valence-electron chi connectivity index (χ2n) is 4.69. The van der Waals surface area contributed by atoms with E-state index in [-0.39, 0.29) is 0 Å². The predicted octanol–water partition coefficient (Wildman–Crippen LogP) is 2.82. The number of rotatable bonds is 3. The monoisotopic (exact) mass is 284 g/mol. The molecule has 100 valence electrons. The van der Waals surface area contributed by atoms with Crippen molar-refractivity contribution in [1.29, 1.82) is 5.26 Å². The van der Waals surface area contributed by atoms with Gasteiger partial charge in [0.25, 0.3) is 0 Å². The number of fused-ring (bicyclic) bond motifs is 1. The minimum atomic E-state index is 0.373. The van der Waals surface area contributed by atoms with Crippen LogP contribution in [0.2, 0.25) is 5.02 Å². The lowest BCUT2D eigenvalue weighted by Crippen LogP contribution is -2.03. The summed E-state index contributed by atoms with van der Waals surface area (Å²) in [5.41, 5.74) is 4.31. The van der Waals surface area contributed by atoms with Gasteiger partial charge in [-0.15, -0.1) is 0 Å². The smallest absolute Gasteiger partial charge is 0.146 e. The van der Waals surface area contributed by atoms with Crippen LogP contribution in [0, 0.1) is 11.3 Å². The number of hydrogen-bond donors (Lipinski definition) is 2. The molecule has 0 saturated carbocycles. The van der Waals surface area contributed by atoms with Crippen molar-refractivity contribution < 1.29 is 0 Å². The Hall–Kier alpha value is -2.09. The summed E-state index contributed by atoms with van der Waals surface area (Å²) in [6.45, 7) is 2.50. The van der Waals surface area contributed by atoms with Gasteiger partial charge in [-0.2, -0.15) is 5.26 Å². The highest BCUT2D eigenvalue weighted by molar-refractivity contribution is 6.34. The number of anilines is 1. The average Bonchev–Trinajstić information content (AvgIpc) is 2.93. The van der Waals surface area contributed by atoms with E-state index in [1.54, 1.807) is 12.3 Å². The van der Waals surface area contributed by atoms with Crippen LogP contribution in [0.4, 0.5) is 5.82 Å². The van der Waals surface area contributed by atoms with Gasteiger partial charge in [0.15, 0.2) is 0 Å². The molecule has 0 atom stereocenters. The molecular formula is C15H13ClN4. The molecular weight excluding hydrogens is 272 g/mol. The van der Waals surface area contributed by atoms with Crippen LogP contribution < -0.4 is 10.6 Å². The Labute approximate surface area is 122 Å². The quantitative estimate of drug-likeness (QED) is 0.910. The van der Waals surface area contributed by atoms with E-state index in [1.807, 2.05) is 6.07 Å². The Balaban J connectivity index is 1.76. The maximum Gasteiger partial charge on any atom is 0.146 e. The molecule has 1 aromatic carbocycles. The molecule has 2 heterocycles. The Morgan fingerprint density at radius 3 is 3.00 bits per heavy atom. The van der Waals surface area contributed by atoms with E-state index in [1.165, 1.54) is 16.7 Å². The standard InChI is InChI=1S/C15H13ClN4/c16-14-11(6-17)3-4-19-15(14)20-7-10-1-2-12-8-18-9-13(12)5-10/h1-5,18H,7-9H2,(H,19,20). The first kappa shape index (κ1) is 12.9. The van der Waals surface area contributed by atoms with Gasteiger partial charge in [0.2, 0.25) is 0 Å². The molecule has 2 aromatic rings. The van der Waals surface area contributed by atoms with Crippen molar-refractivity contribution in [3.63, 3.8) is 0 Å². The minimum Gasteiger partial charge on any atom is -0.365 e. The molecule has 1 aliphatic rings. The molecule has 2 N–H and O–H groups in total. The second-order valence-corrected chi connectivity index (χ2v) is 5.07. The Morgan fingerprint density at radius 1 is 1.30 bits per heavy atom. The van der Waals surface area contributed by atoms with Gasteiger partial charge >= 0.3 is 0 Å². The van der Waals surface area contributed by atoms with E-state index in [2.05, 4.69) is 33.8 Å². The van der Waals surface area contributed by atoms with Crippen LogP contribution >= 0.6 is 11.6 Å². The summed E-state index contributed by atoms with van der Waals surface area (Å²) in [4.78, 5) is 4.17. The van der Waals surface area contributed by atoms with Crippen LogP contribution in [0.3, 0.4) is 0 Å². The lowest BCUT2D eigenvalue weighted by atomic mass is 10.1. The maximum atomic E-state index is 8.94. The molecule has 0 unspecified atom stereocenters. The van der Waals surface area contributed by atoms with Crippen molar-refractivity contribution in [2.45, 2.75) is 19.6 Å². The Kier molecular flexibility index (Phi) is 3.55. The zero-order chi connectivity index (χ0) is 13.9. The first-order chi connectivity index (χ1) is 9.78. The minimum absolute atomic E-state index is 0.373. The molecule has 5 heteroatoms. The van der Waals surface area contributed by atoms with Gasteiger partial charge in [-0.1, -0.05) is 29.8 Å². The fourth-order valence-electron chi connectivity index (χ4n) is 2.30. The lowest BCUT2D eigenvalue weighted by Gasteiger charge is -2.09. The summed E-state index contributed by atoms with van der Waals surface area (Å²) >= 11 is 6.11. The van der Waals surface area contributed by atoms with Crippen molar-refractivity contribution in [2.75, 3.05) is 5.32 Å². The van der Waals surface area contributed by atoms with Crippen molar-refractivity contribution in [1.82, 2.24) is 10.3 Å². The Morgan fingerprint density at radius 2 is 2.15 bits per heavy atom. The summed E-state index contributed by atoms with van der Waals surface area (Å²) in [6.07, 6.45) is 1.58. The normalized spacial score (nSPS) is 12.8. The molecule has 0 bridgehead atoms. The van der Waals surface area contributed by atoms with Crippen LogP contribution in [-0.2, 0) is 19.6 Å². The third-order valence-corrected chi connectivity index (χ3v) is 3.75. The van der Waals surface area contributed by atoms with E-state index in [0.29, 0.717) is 22.9 Å². The summed E-state index contributed by atoms with van der Waals surface area (Å²) in [5.74, 6) is 0.546. The summed E-state index contributed by atoms with van der Waals surface area (Å²) in [5, 5.41) is 15.8. The van der Waals surface area contributed by atoms with Crippen molar-refractivity contribution in [3.8, 4) is 6.07 Å². The van der Waals surface area contributed by atoms with Gasteiger partial charge < -0.3 is 10.6 Å². The van der Waals surface area contributed by atoms with Gasteiger partial charge in [-0.05, 0) is 22.8 Å². The Bertz CT molecular complexity index is 691. The van der Waals surface area contributed by atoms with Gasteiger partial charge in [-0.3, -0.25) is 0 Å². The highest BCUT2D eigenvalue weighted by Crippen LogP contribution is 2.24. The molecule has 0 saturated heterocycles. The zero-order valence-electron chi connectivity index (χ0n) is 10.8. The first-order valence-corrected chi connectivity index (χ1v) is 6.75. The highest BCUT2D eigenvalue weighted by Gasteiger charge is 2.11. The number of aromatic nitrogens is 1. The third-order valence-electron chi connectivity index (χ3n) is 3.37. The molecule has 4 nitrogen and oxygen atoms in total. The summed E-state index contributed by atoms with van der Waals surface area (Å²) < 4.78 is 0. The number of halogens is 1. The third kappa shape index (κ3) is 2.46. The fourth-order valence-corrected chi connectivity index (χ4v) is 2.52. The lowest BCUT2D eigenvalue weighted by molar-refractivity contribution is 0.764. The van der Waals surface area contributed by atoms with Crippen LogP contribution in [0.5, 0.6) is 0 Å². The van der Waals surface area contributed by atoms with Crippen LogP contribution in [0.25, 0.3) is 0 Å². The SMILES string of the molecule is N#Cc1ccnc(NCc2ccc3c(c2)CNC3)c1Cl. The number of nitrogens with zero attached hydrogens (tertiary/aromatic N) is 2. The zero-order valence-corrected chi connectivity index (χ0v) is 11.5. The predicted molar refractivity (Wildman–Crippen MR) is 78.3 cm³/mol. The number of benzene rings is 1. The van der Waals surface area contributed by atoms with Crippen LogP contribution in [-0.4, -0.2) is 4.98 Å². The maximum absolute atomic E-state index is 8.94. The molecule has 1 aliphatic heterocycles. The molecule has 3 rings (SSSR count). The molecule has 0 fully saturated rings. The van der Waals surface area contributed by atoms with Gasteiger partial charge in [-0.25, -0.2) is 4.98 Å². The number of nitriles is 1. The van der Waals surface area contributed by atoms with E-state index >= 15 is 0 Å². The van der Waals surface area contributed by atoms with Crippen molar-refractivity contribution >= 4 is 17.4 Å². The van der Waals surface area contributed by atoms with Gasteiger partial charge in [0.05, 0.1) is 5.56 Å². The molecule has 0 aliphatic carbocycles. The van der Waals surface area contributed by atoms with Crippen LogP contribution in [0.15, 0.2) is 30.5 Å². The van der Waals surface area contributed by atoms with E-state index < -0.39 is 0 Å². The van der Waals surface area contributed by atoms with E-state index in [4.69, 9.17) is 16.9 Å². The van der Waals surface area contributed by atoms with Gasteiger partial charge in [0.1, 0.15) is 16.9 Å². The van der Waals surface area contributed by atoms with Crippen molar-refractivity contribution in [2.24, 2.45) is 0 Å². The van der Waals surface area contributed by atoms with E-state index in [0.717, 1.165) is 13.1 Å². The summed E-state index contributed by atoms with van der Waals surface area (Å²) in [6, 6.07) is 10.1. The molecule has 1 aromatic heterocycles. The fraction of sp³-hybridized carbons (Fsp3) is 0.200. The van der Waals surface area contributed by atoms with Crippen LogP contribution in [0.1, 0.15) is 22.3 Å². The largest absolute Gasteiger partial charge is 0.365 e. The molecule has 20 heavy (non-hydrogen) atoms. The second kappa shape index (κ2) is 5.49. The average molecular weight is 285 g/mol. The molecule has 0 amide bonds. The number of nitrogens with one attached hydrogen (secondary N) is 2. The number of pyridine rings is 1. The summed E-state index contributed by atoms with van der Waals surface area (Å²) in [7, 11) is 0. The molecule has 0 spiro atoms. The topological polar surface area (TPSA) is 60.7 Å². The highest BCUT2D eigenvalue weighted by atomic mass is 35.5. The van der Waals surface area contributed by atoms with E-state index in [9.17, 15) is 0 Å². The van der Waals surface area contributed by atoms with Gasteiger partial charge in [0, 0.05) is 25.8 Å².